The molecule has 0 saturated carbocycles. The van der Waals surface area contributed by atoms with Crippen molar-refractivity contribution in [3.63, 3.8) is 0 Å². The average Bonchev–Trinajstić information content (AvgIpc) is 2.28. The van der Waals surface area contributed by atoms with E-state index in [1.165, 1.54) is 0 Å². The third-order valence-corrected chi connectivity index (χ3v) is 2.59. The van der Waals surface area contributed by atoms with Crippen molar-refractivity contribution in [1.29, 1.82) is 0 Å². The number of halogens is 1. The van der Waals surface area contributed by atoms with E-state index in [0.29, 0.717) is 18.0 Å². The third kappa shape index (κ3) is 5.05. The van der Waals surface area contributed by atoms with Crippen molar-refractivity contribution in [3.05, 3.63) is 34.9 Å². The molecule has 0 heterocycles. The molecule has 0 aliphatic heterocycles. The van der Waals surface area contributed by atoms with Crippen LogP contribution >= 0.6 is 11.6 Å². The molecule has 0 spiro atoms. The van der Waals surface area contributed by atoms with Crippen molar-refractivity contribution < 1.29 is 9.59 Å². The van der Waals surface area contributed by atoms with Crippen LogP contribution in [0.15, 0.2) is 24.3 Å². The summed E-state index contributed by atoms with van der Waals surface area (Å²) in [6, 6.07) is 6.08. The molecule has 4 N–H and O–H groups in total. The van der Waals surface area contributed by atoms with Crippen LogP contribution in [0.1, 0.15) is 12.5 Å². The summed E-state index contributed by atoms with van der Waals surface area (Å²) < 4.78 is 0. The quantitative estimate of drug-likeness (QED) is 0.747. The number of rotatable bonds is 5. The molecule has 1 aromatic rings. The molecule has 0 aliphatic rings. The Bertz CT molecular complexity index is 437. The lowest BCUT2D eigenvalue weighted by Crippen LogP contribution is -2.47. The smallest absolute Gasteiger partial charge is 0.312 e. The summed E-state index contributed by atoms with van der Waals surface area (Å²) in [6.45, 7) is 2.05. The van der Waals surface area contributed by atoms with E-state index in [4.69, 9.17) is 17.3 Å². The summed E-state index contributed by atoms with van der Waals surface area (Å²) in [6.07, 6.45) is 0.676. The molecule has 1 aromatic carbocycles. The van der Waals surface area contributed by atoms with Crippen LogP contribution in [-0.2, 0) is 11.2 Å². The number of urea groups is 1. The molecule has 0 fully saturated rings. The van der Waals surface area contributed by atoms with E-state index in [9.17, 15) is 9.59 Å². The first-order chi connectivity index (χ1) is 8.49. The Balaban J connectivity index is 2.33. The Morgan fingerprint density at radius 2 is 2.17 bits per heavy atom. The summed E-state index contributed by atoms with van der Waals surface area (Å²) in [5, 5.41) is 5.68. The van der Waals surface area contributed by atoms with E-state index in [0.717, 1.165) is 5.56 Å². The van der Waals surface area contributed by atoms with Crippen LogP contribution in [0.4, 0.5) is 4.79 Å². The van der Waals surface area contributed by atoms with E-state index in [-0.39, 0.29) is 5.91 Å². The number of nitrogens with one attached hydrogen (secondary N) is 2. The standard InChI is InChI=1S/C12H16ClN3O2/c1-8(16-12(14)18)11(17)15-6-5-9-3-2-4-10(13)7-9/h2-4,7-8H,5-6H2,1H3,(H,15,17)(H3,14,16,18)/t8-/m1/s1. The lowest BCUT2D eigenvalue weighted by Gasteiger charge is -2.12. The molecule has 0 radical (unpaired) electrons. The number of primary amides is 1. The highest BCUT2D eigenvalue weighted by Crippen LogP contribution is 2.10. The van der Waals surface area contributed by atoms with Gasteiger partial charge < -0.3 is 16.4 Å². The Labute approximate surface area is 111 Å². The fourth-order valence-electron chi connectivity index (χ4n) is 1.45. The van der Waals surface area contributed by atoms with E-state index in [1.54, 1.807) is 13.0 Å². The molecule has 0 aromatic heterocycles. The number of amides is 3. The molecular weight excluding hydrogens is 254 g/mol. The highest BCUT2D eigenvalue weighted by atomic mass is 35.5. The van der Waals surface area contributed by atoms with Crippen molar-refractivity contribution in [3.8, 4) is 0 Å². The molecular formula is C12H16ClN3O2. The van der Waals surface area contributed by atoms with Crippen LogP contribution in [0.5, 0.6) is 0 Å². The van der Waals surface area contributed by atoms with Crippen LogP contribution < -0.4 is 16.4 Å². The monoisotopic (exact) mass is 269 g/mol. The van der Waals surface area contributed by atoms with Gasteiger partial charge in [-0.25, -0.2) is 4.79 Å². The van der Waals surface area contributed by atoms with Gasteiger partial charge in [-0.3, -0.25) is 4.79 Å². The Morgan fingerprint density at radius 3 is 2.78 bits per heavy atom. The molecule has 0 aliphatic carbocycles. The van der Waals surface area contributed by atoms with E-state index in [1.807, 2.05) is 18.2 Å². The average molecular weight is 270 g/mol. The molecule has 18 heavy (non-hydrogen) atoms. The summed E-state index contributed by atoms with van der Waals surface area (Å²) in [4.78, 5) is 22.1. The van der Waals surface area contributed by atoms with Gasteiger partial charge in [0.15, 0.2) is 0 Å². The first kappa shape index (κ1) is 14.3. The maximum atomic E-state index is 11.5. The predicted molar refractivity (Wildman–Crippen MR) is 70.3 cm³/mol. The van der Waals surface area contributed by atoms with Gasteiger partial charge in [0, 0.05) is 11.6 Å². The van der Waals surface area contributed by atoms with E-state index >= 15 is 0 Å². The Kier molecular flexibility index (Phi) is 5.45. The second kappa shape index (κ2) is 6.86. The number of hydrogen-bond donors (Lipinski definition) is 3. The molecule has 3 amide bonds. The molecule has 6 heteroatoms. The Hall–Kier alpha value is -1.75. The number of carbonyl (C=O) groups is 2. The Morgan fingerprint density at radius 1 is 1.44 bits per heavy atom. The maximum absolute atomic E-state index is 11.5. The van der Waals surface area contributed by atoms with Crippen molar-refractivity contribution in [2.75, 3.05) is 6.54 Å². The number of nitrogens with two attached hydrogens (primary N) is 1. The van der Waals surface area contributed by atoms with Gasteiger partial charge in [0.05, 0.1) is 0 Å². The molecule has 0 unspecified atom stereocenters. The van der Waals surface area contributed by atoms with Crippen LogP contribution in [0, 0.1) is 0 Å². The number of benzene rings is 1. The lowest BCUT2D eigenvalue weighted by atomic mass is 10.1. The summed E-state index contributed by atoms with van der Waals surface area (Å²) >= 11 is 5.85. The molecule has 5 nitrogen and oxygen atoms in total. The predicted octanol–water partition coefficient (Wildman–Crippen LogP) is 1.06. The van der Waals surface area contributed by atoms with Crippen LogP contribution in [-0.4, -0.2) is 24.5 Å². The van der Waals surface area contributed by atoms with E-state index in [2.05, 4.69) is 10.6 Å². The SMILES string of the molecule is C[C@@H](NC(N)=O)C(=O)NCCc1cccc(Cl)c1. The van der Waals surface area contributed by atoms with Gasteiger partial charge in [-0.2, -0.15) is 0 Å². The first-order valence-electron chi connectivity index (χ1n) is 5.57. The van der Waals surface area contributed by atoms with Gasteiger partial charge in [-0.15, -0.1) is 0 Å². The normalized spacial score (nSPS) is 11.7. The fraction of sp³-hybridized carbons (Fsp3) is 0.333. The number of carbonyl (C=O) groups excluding carboxylic acids is 2. The minimum atomic E-state index is -0.715. The van der Waals surface area contributed by atoms with Gasteiger partial charge in [-0.1, -0.05) is 23.7 Å². The minimum absolute atomic E-state index is 0.268. The van der Waals surface area contributed by atoms with Crippen molar-refractivity contribution in [2.24, 2.45) is 5.73 Å². The minimum Gasteiger partial charge on any atom is -0.354 e. The lowest BCUT2D eigenvalue weighted by molar-refractivity contribution is -0.122. The van der Waals surface area contributed by atoms with Gasteiger partial charge >= 0.3 is 6.03 Å². The molecule has 98 valence electrons. The van der Waals surface area contributed by atoms with Gasteiger partial charge in [0.25, 0.3) is 0 Å². The van der Waals surface area contributed by atoms with Crippen LogP contribution in [0.3, 0.4) is 0 Å². The molecule has 0 saturated heterocycles. The van der Waals surface area contributed by atoms with Crippen molar-refractivity contribution in [1.82, 2.24) is 10.6 Å². The summed E-state index contributed by atoms with van der Waals surface area (Å²) in [5.41, 5.74) is 5.96. The largest absolute Gasteiger partial charge is 0.354 e. The second-order valence-corrected chi connectivity index (χ2v) is 4.34. The molecule has 1 rings (SSSR count). The fourth-order valence-corrected chi connectivity index (χ4v) is 1.67. The van der Waals surface area contributed by atoms with E-state index < -0.39 is 12.1 Å². The first-order valence-corrected chi connectivity index (χ1v) is 5.95. The van der Waals surface area contributed by atoms with Gasteiger partial charge in [0.2, 0.25) is 5.91 Å². The highest BCUT2D eigenvalue weighted by molar-refractivity contribution is 6.30. The topological polar surface area (TPSA) is 84.2 Å². The second-order valence-electron chi connectivity index (χ2n) is 3.90. The zero-order valence-electron chi connectivity index (χ0n) is 10.1. The highest BCUT2D eigenvalue weighted by Gasteiger charge is 2.12. The zero-order valence-corrected chi connectivity index (χ0v) is 10.8. The van der Waals surface area contributed by atoms with Gasteiger partial charge in [0.1, 0.15) is 6.04 Å². The summed E-state index contributed by atoms with van der Waals surface area (Å²) in [7, 11) is 0. The van der Waals surface area contributed by atoms with Crippen LogP contribution in [0.2, 0.25) is 5.02 Å². The van der Waals surface area contributed by atoms with Gasteiger partial charge in [-0.05, 0) is 31.0 Å². The van der Waals surface area contributed by atoms with Crippen LogP contribution in [0.25, 0.3) is 0 Å². The molecule has 0 bridgehead atoms. The number of hydrogen-bond acceptors (Lipinski definition) is 2. The molecule has 1 atom stereocenters. The zero-order chi connectivity index (χ0) is 13.5. The summed E-state index contributed by atoms with van der Waals surface area (Å²) in [5.74, 6) is -0.268. The van der Waals surface area contributed by atoms with Crippen molar-refractivity contribution >= 4 is 23.5 Å². The maximum Gasteiger partial charge on any atom is 0.312 e. The third-order valence-electron chi connectivity index (χ3n) is 2.35. The van der Waals surface area contributed by atoms with Crippen molar-refractivity contribution in [2.45, 2.75) is 19.4 Å².